The molecule has 1 atom stereocenters. The Kier molecular flexibility index (Phi) is 26.7. The molecule has 0 aromatic heterocycles. The average molecular weight is 524 g/mol. The zero-order chi connectivity index (χ0) is 27.4. The Morgan fingerprint density at radius 1 is 0.649 bits per heavy atom. The SMILES string of the molecule is CCCCCCC(CCCCCCCCC=CCCCCCCCC(=O)OC)OC(=O)CCCN(C)C. The highest BCUT2D eigenvalue weighted by Crippen LogP contribution is 2.17. The maximum atomic E-state index is 12.3. The Labute approximate surface area is 230 Å². The number of allylic oxidation sites excluding steroid dienone is 2. The lowest BCUT2D eigenvalue weighted by Gasteiger charge is -2.18. The van der Waals surface area contributed by atoms with E-state index in [0.717, 1.165) is 38.6 Å². The van der Waals surface area contributed by atoms with Crippen molar-refractivity contribution in [1.29, 1.82) is 0 Å². The lowest BCUT2D eigenvalue weighted by molar-refractivity contribution is -0.150. The Morgan fingerprint density at radius 2 is 1.14 bits per heavy atom. The summed E-state index contributed by atoms with van der Waals surface area (Å²) in [6.45, 7) is 3.17. The molecule has 0 saturated carbocycles. The summed E-state index contributed by atoms with van der Waals surface area (Å²) in [6.07, 6.45) is 29.6. The van der Waals surface area contributed by atoms with Crippen molar-refractivity contribution in [3.63, 3.8) is 0 Å². The number of ether oxygens (including phenoxy) is 2. The van der Waals surface area contributed by atoms with Gasteiger partial charge in [-0.05, 0) is 84.8 Å². The molecule has 5 nitrogen and oxygen atoms in total. The first kappa shape index (κ1) is 35.6. The average Bonchev–Trinajstić information content (AvgIpc) is 2.87. The fourth-order valence-electron chi connectivity index (χ4n) is 4.59. The molecule has 0 fully saturated rings. The van der Waals surface area contributed by atoms with Crippen LogP contribution in [0.4, 0.5) is 0 Å². The second kappa shape index (κ2) is 27.7. The monoisotopic (exact) mass is 523 g/mol. The quantitative estimate of drug-likeness (QED) is 0.0611. The maximum absolute atomic E-state index is 12.3. The van der Waals surface area contributed by atoms with Crippen LogP contribution in [0.5, 0.6) is 0 Å². The summed E-state index contributed by atoms with van der Waals surface area (Å²) < 4.78 is 10.5. The van der Waals surface area contributed by atoms with Crippen LogP contribution in [0.25, 0.3) is 0 Å². The van der Waals surface area contributed by atoms with Gasteiger partial charge >= 0.3 is 11.9 Å². The summed E-state index contributed by atoms with van der Waals surface area (Å²) in [6, 6.07) is 0. The predicted octanol–water partition coefficient (Wildman–Crippen LogP) is 8.79. The minimum Gasteiger partial charge on any atom is -0.469 e. The molecule has 0 rings (SSSR count). The van der Waals surface area contributed by atoms with Gasteiger partial charge in [0.15, 0.2) is 0 Å². The number of hydrogen-bond donors (Lipinski definition) is 0. The number of hydrogen-bond acceptors (Lipinski definition) is 5. The zero-order valence-corrected chi connectivity index (χ0v) is 25.1. The summed E-state index contributed by atoms with van der Waals surface area (Å²) in [7, 11) is 5.54. The third kappa shape index (κ3) is 27.5. The van der Waals surface area contributed by atoms with Crippen LogP contribution in [0.1, 0.15) is 148 Å². The molecule has 0 aromatic carbocycles. The van der Waals surface area contributed by atoms with E-state index in [-0.39, 0.29) is 18.0 Å². The van der Waals surface area contributed by atoms with Crippen molar-refractivity contribution in [2.45, 2.75) is 154 Å². The van der Waals surface area contributed by atoms with Crippen LogP contribution in [0.3, 0.4) is 0 Å². The van der Waals surface area contributed by atoms with Crippen LogP contribution in [-0.2, 0) is 19.1 Å². The number of carbonyl (C=O) groups excluding carboxylic acids is 2. The minimum atomic E-state index is -0.0888. The van der Waals surface area contributed by atoms with E-state index >= 15 is 0 Å². The molecule has 0 radical (unpaired) electrons. The standard InChI is InChI=1S/C32H61NO4/c1-5-6-7-21-25-30(37-32(35)28-24-29-33(2)3)26-22-19-17-15-13-11-9-8-10-12-14-16-18-20-23-27-31(34)36-4/h8,10,30H,5-7,9,11-29H2,1-4H3. The summed E-state index contributed by atoms with van der Waals surface area (Å²) >= 11 is 0. The molecular formula is C32H61NO4. The van der Waals surface area contributed by atoms with E-state index in [2.05, 4.69) is 28.7 Å². The van der Waals surface area contributed by atoms with Crippen LogP contribution in [0, 0.1) is 0 Å². The van der Waals surface area contributed by atoms with Crippen molar-refractivity contribution < 1.29 is 19.1 Å². The number of methoxy groups -OCH3 is 1. The second-order valence-electron chi connectivity index (χ2n) is 10.9. The second-order valence-corrected chi connectivity index (χ2v) is 10.9. The maximum Gasteiger partial charge on any atom is 0.306 e. The molecule has 218 valence electrons. The van der Waals surface area contributed by atoms with Crippen molar-refractivity contribution in [3.05, 3.63) is 12.2 Å². The van der Waals surface area contributed by atoms with Gasteiger partial charge in [-0.2, -0.15) is 0 Å². The number of unbranched alkanes of at least 4 members (excludes halogenated alkanes) is 14. The molecule has 37 heavy (non-hydrogen) atoms. The number of carbonyl (C=O) groups is 2. The van der Waals surface area contributed by atoms with E-state index < -0.39 is 0 Å². The molecule has 0 bridgehead atoms. The van der Waals surface area contributed by atoms with Gasteiger partial charge in [0.2, 0.25) is 0 Å². The van der Waals surface area contributed by atoms with Crippen LogP contribution < -0.4 is 0 Å². The van der Waals surface area contributed by atoms with Gasteiger partial charge in [-0.3, -0.25) is 9.59 Å². The highest BCUT2D eigenvalue weighted by atomic mass is 16.5. The first-order valence-electron chi connectivity index (χ1n) is 15.6. The van der Waals surface area contributed by atoms with Gasteiger partial charge in [0.05, 0.1) is 7.11 Å². The van der Waals surface area contributed by atoms with Gasteiger partial charge in [-0.25, -0.2) is 0 Å². The van der Waals surface area contributed by atoms with Gasteiger partial charge in [0.25, 0.3) is 0 Å². The largest absolute Gasteiger partial charge is 0.469 e. The zero-order valence-electron chi connectivity index (χ0n) is 25.1. The molecule has 0 spiro atoms. The van der Waals surface area contributed by atoms with E-state index in [1.54, 1.807) is 0 Å². The molecule has 5 heteroatoms. The fraction of sp³-hybridized carbons (Fsp3) is 0.875. The topological polar surface area (TPSA) is 55.8 Å². The predicted molar refractivity (Wildman–Crippen MR) is 157 cm³/mol. The van der Waals surface area contributed by atoms with Crippen molar-refractivity contribution in [3.8, 4) is 0 Å². The molecule has 0 saturated heterocycles. The normalized spacial score (nSPS) is 12.4. The molecule has 0 heterocycles. The highest BCUT2D eigenvalue weighted by Gasteiger charge is 2.14. The van der Waals surface area contributed by atoms with Gasteiger partial charge < -0.3 is 14.4 Å². The van der Waals surface area contributed by atoms with E-state index in [1.807, 2.05) is 14.1 Å². The summed E-state index contributed by atoms with van der Waals surface area (Å²) in [5, 5.41) is 0. The number of rotatable bonds is 27. The van der Waals surface area contributed by atoms with Crippen molar-refractivity contribution in [1.82, 2.24) is 4.90 Å². The van der Waals surface area contributed by atoms with Crippen LogP contribution in [0.2, 0.25) is 0 Å². The first-order valence-corrected chi connectivity index (χ1v) is 15.6. The molecule has 0 aromatic rings. The van der Waals surface area contributed by atoms with Gasteiger partial charge in [0, 0.05) is 12.8 Å². The van der Waals surface area contributed by atoms with E-state index in [4.69, 9.17) is 4.74 Å². The fourth-order valence-corrected chi connectivity index (χ4v) is 4.59. The van der Waals surface area contributed by atoms with Gasteiger partial charge in [-0.1, -0.05) is 83.3 Å². The Balaban J connectivity index is 3.73. The molecular weight excluding hydrogens is 462 g/mol. The smallest absolute Gasteiger partial charge is 0.306 e. The highest BCUT2D eigenvalue weighted by molar-refractivity contribution is 5.69. The number of esters is 2. The summed E-state index contributed by atoms with van der Waals surface area (Å²) in [5.41, 5.74) is 0. The Bertz CT molecular complexity index is 547. The molecule has 0 aliphatic carbocycles. The summed E-state index contributed by atoms with van der Waals surface area (Å²) in [4.78, 5) is 25.4. The van der Waals surface area contributed by atoms with Crippen LogP contribution in [-0.4, -0.2) is 50.7 Å². The van der Waals surface area contributed by atoms with Crippen molar-refractivity contribution in [2.24, 2.45) is 0 Å². The van der Waals surface area contributed by atoms with Gasteiger partial charge in [0.1, 0.15) is 6.10 Å². The minimum absolute atomic E-state index is 0.00830. The molecule has 1 unspecified atom stereocenters. The van der Waals surface area contributed by atoms with E-state index in [9.17, 15) is 9.59 Å². The van der Waals surface area contributed by atoms with Crippen LogP contribution >= 0.6 is 0 Å². The Hall–Kier alpha value is -1.36. The van der Waals surface area contributed by atoms with Gasteiger partial charge in [-0.15, -0.1) is 0 Å². The summed E-state index contributed by atoms with van der Waals surface area (Å²) in [5.74, 6) is -0.0971. The first-order chi connectivity index (χ1) is 18.0. The lowest BCUT2D eigenvalue weighted by Crippen LogP contribution is -2.20. The molecule has 0 aliphatic heterocycles. The number of nitrogens with zero attached hydrogens (tertiary/aromatic N) is 1. The van der Waals surface area contributed by atoms with Crippen LogP contribution in [0.15, 0.2) is 12.2 Å². The lowest BCUT2D eigenvalue weighted by atomic mass is 10.0. The molecule has 0 amide bonds. The third-order valence-corrected chi connectivity index (χ3v) is 6.96. The molecule has 0 N–H and O–H groups in total. The van der Waals surface area contributed by atoms with Crippen molar-refractivity contribution in [2.75, 3.05) is 27.7 Å². The third-order valence-electron chi connectivity index (χ3n) is 6.96. The van der Waals surface area contributed by atoms with E-state index in [1.165, 1.54) is 103 Å². The molecule has 0 aliphatic rings. The van der Waals surface area contributed by atoms with E-state index in [0.29, 0.717) is 12.8 Å². The Morgan fingerprint density at radius 3 is 1.68 bits per heavy atom. The van der Waals surface area contributed by atoms with Crippen molar-refractivity contribution >= 4 is 11.9 Å².